The number of carbonyl (C=O) groups excluding carboxylic acids is 1. The lowest BCUT2D eigenvalue weighted by Gasteiger charge is -2.28. The summed E-state index contributed by atoms with van der Waals surface area (Å²) in [6, 6.07) is 8.10. The molecule has 1 aromatic heterocycles. The van der Waals surface area contributed by atoms with Gasteiger partial charge in [0.2, 0.25) is 11.0 Å². The fraction of sp³-hybridized carbons (Fsp3) is 0.438. The van der Waals surface area contributed by atoms with Gasteiger partial charge in [-0.15, -0.1) is 10.2 Å². The quantitative estimate of drug-likeness (QED) is 0.823. The number of ether oxygens (including phenoxy) is 1. The zero-order valence-corrected chi connectivity index (χ0v) is 15.3. The topological polar surface area (TPSA) is 67.4 Å². The van der Waals surface area contributed by atoms with Crippen molar-refractivity contribution in [2.24, 2.45) is 0 Å². The number of amides is 1. The summed E-state index contributed by atoms with van der Waals surface area (Å²) in [4.78, 5) is 14.3. The molecule has 24 heavy (non-hydrogen) atoms. The maximum Gasteiger partial charge on any atom is 0.236 e. The molecule has 1 N–H and O–H groups in total. The predicted molar refractivity (Wildman–Crippen MR) is 97.1 cm³/mol. The average Bonchev–Trinajstić information content (AvgIpc) is 3.04. The van der Waals surface area contributed by atoms with Crippen molar-refractivity contribution >= 4 is 39.8 Å². The smallest absolute Gasteiger partial charge is 0.236 e. The lowest BCUT2D eigenvalue weighted by atomic mass is 10.2. The van der Waals surface area contributed by atoms with Gasteiger partial charge < -0.3 is 15.0 Å². The van der Waals surface area contributed by atoms with Gasteiger partial charge in [0.05, 0.1) is 18.5 Å². The van der Waals surface area contributed by atoms with E-state index >= 15 is 0 Å². The monoisotopic (exact) mass is 364 g/mol. The van der Waals surface area contributed by atoms with Gasteiger partial charge in [-0.2, -0.15) is 0 Å². The van der Waals surface area contributed by atoms with Crippen molar-refractivity contribution in [1.29, 1.82) is 0 Å². The SMILES string of the molecule is Cc1ccc(Nc2nnc(S[C@@H](C)C(=O)N3CCOCC3)s2)cc1. The standard InChI is InChI=1S/C16H20N4O2S2/c1-11-3-5-13(6-4-11)17-15-18-19-16(24-15)23-12(2)14(21)20-7-9-22-10-8-20/h3-6,12H,7-10H2,1-2H3,(H,17,18)/t12-/m0/s1. The number of anilines is 2. The number of thioether (sulfide) groups is 1. The Labute approximate surface area is 149 Å². The molecule has 1 amide bonds. The summed E-state index contributed by atoms with van der Waals surface area (Å²) in [5.41, 5.74) is 2.19. The van der Waals surface area contributed by atoms with Gasteiger partial charge in [-0.3, -0.25) is 4.79 Å². The number of aromatic nitrogens is 2. The van der Waals surface area contributed by atoms with Crippen LogP contribution < -0.4 is 5.32 Å². The van der Waals surface area contributed by atoms with E-state index in [1.54, 1.807) is 0 Å². The number of morpholine rings is 1. The highest BCUT2D eigenvalue weighted by molar-refractivity contribution is 8.02. The fourth-order valence-electron chi connectivity index (χ4n) is 2.31. The molecule has 1 fully saturated rings. The number of aryl methyl sites for hydroxylation is 1. The second-order valence-electron chi connectivity index (χ2n) is 5.56. The molecule has 6 nitrogen and oxygen atoms in total. The molecule has 1 aliphatic rings. The third-order valence-electron chi connectivity index (χ3n) is 3.66. The molecular weight excluding hydrogens is 344 g/mol. The molecule has 2 heterocycles. The molecule has 2 aromatic rings. The van der Waals surface area contributed by atoms with E-state index in [-0.39, 0.29) is 11.2 Å². The van der Waals surface area contributed by atoms with Crippen LogP contribution in [0.2, 0.25) is 0 Å². The van der Waals surface area contributed by atoms with Crippen LogP contribution in [-0.2, 0) is 9.53 Å². The van der Waals surface area contributed by atoms with Crippen LogP contribution in [0.25, 0.3) is 0 Å². The van der Waals surface area contributed by atoms with Gasteiger partial charge in [-0.25, -0.2) is 0 Å². The Kier molecular flexibility index (Phi) is 5.70. The third kappa shape index (κ3) is 4.46. The van der Waals surface area contributed by atoms with Crippen molar-refractivity contribution in [2.75, 3.05) is 31.6 Å². The molecule has 0 spiro atoms. The maximum absolute atomic E-state index is 12.4. The van der Waals surface area contributed by atoms with Gasteiger partial charge >= 0.3 is 0 Å². The molecule has 1 aromatic carbocycles. The average molecular weight is 364 g/mol. The van der Waals surface area contributed by atoms with Gasteiger partial charge in [0.15, 0.2) is 4.34 Å². The van der Waals surface area contributed by atoms with E-state index in [9.17, 15) is 4.79 Å². The van der Waals surface area contributed by atoms with Crippen LogP contribution in [0.15, 0.2) is 28.6 Å². The number of hydrogen-bond acceptors (Lipinski definition) is 7. The molecule has 8 heteroatoms. The Bertz CT molecular complexity index is 684. The first-order valence-corrected chi connectivity index (χ1v) is 9.52. The van der Waals surface area contributed by atoms with Gasteiger partial charge in [0, 0.05) is 18.8 Å². The van der Waals surface area contributed by atoms with E-state index in [1.807, 2.05) is 36.1 Å². The Morgan fingerprint density at radius 2 is 2.00 bits per heavy atom. The molecule has 1 saturated heterocycles. The molecule has 0 bridgehead atoms. The summed E-state index contributed by atoms with van der Waals surface area (Å²) in [7, 11) is 0. The number of nitrogens with one attached hydrogen (secondary N) is 1. The summed E-state index contributed by atoms with van der Waals surface area (Å²) in [6.45, 7) is 6.53. The first kappa shape index (κ1) is 17.2. The van der Waals surface area contributed by atoms with E-state index in [0.29, 0.717) is 26.3 Å². The van der Waals surface area contributed by atoms with Gasteiger partial charge in [0.25, 0.3) is 0 Å². The Morgan fingerprint density at radius 3 is 2.71 bits per heavy atom. The summed E-state index contributed by atoms with van der Waals surface area (Å²) >= 11 is 2.91. The van der Waals surface area contributed by atoms with Crippen molar-refractivity contribution in [2.45, 2.75) is 23.4 Å². The minimum atomic E-state index is -0.178. The lowest BCUT2D eigenvalue weighted by Crippen LogP contribution is -2.44. The highest BCUT2D eigenvalue weighted by atomic mass is 32.2. The van der Waals surface area contributed by atoms with Gasteiger partial charge in [-0.1, -0.05) is 40.8 Å². The minimum absolute atomic E-state index is 0.131. The van der Waals surface area contributed by atoms with Gasteiger partial charge in [0.1, 0.15) is 0 Å². The normalized spacial score (nSPS) is 16.0. The fourth-order valence-corrected chi connectivity index (χ4v) is 4.31. The minimum Gasteiger partial charge on any atom is -0.378 e. The molecular formula is C16H20N4O2S2. The first-order valence-electron chi connectivity index (χ1n) is 7.82. The molecule has 0 radical (unpaired) electrons. The number of hydrogen-bond donors (Lipinski definition) is 1. The second-order valence-corrected chi connectivity index (χ2v) is 8.13. The van der Waals surface area contributed by atoms with Crippen LogP contribution >= 0.6 is 23.1 Å². The zero-order valence-electron chi connectivity index (χ0n) is 13.7. The molecule has 0 unspecified atom stereocenters. The van der Waals surface area contributed by atoms with Crippen LogP contribution in [0.5, 0.6) is 0 Å². The van der Waals surface area contributed by atoms with E-state index in [1.165, 1.54) is 28.7 Å². The van der Waals surface area contributed by atoms with Gasteiger partial charge in [-0.05, 0) is 26.0 Å². The predicted octanol–water partition coefficient (Wildman–Crippen LogP) is 2.93. The molecule has 0 saturated carbocycles. The van der Waals surface area contributed by atoms with Crippen LogP contribution in [0.1, 0.15) is 12.5 Å². The zero-order chi connectivity index (χ0) is 16.9. The maximum atomic E-state index is 12.4. The van der Waals surface area contributed by atoms with E-state index < -0.39 is 0 Å². The highest BCUT2D eigenvalue weighted by Gasteiger charge is 2.24. The molecule has 0 aliphatic carbocycles. The van der Waals surface area contributed by atoms with E-state index in [4.69, 9.17) is 4.74 Å². The molecule has 1 atom stereocenters. The van der Waals surface area contributed by atoms with E-state index in [0.717, 1.165) is 15.2 Å². The number of carbonyl (C=O) groups is 1. The number of nitrogens with zero attached hydrogens (tertiary/aromatic N) is 3. The van der Waals surface area contributed by atoms with Crippen LogP contribution in [0.4, 0.5) is 10.8 Å². The number of rotatable bonds is 5. The Hall–Kier alpha value is -1.64. The Balaban J connectivity index is 1.56. The second kappa shape index (κ2) is 7.96. The third-order valence-corrected chi connectivity index (χ3v) is 5.67. The summed E-state index contributed by atoms with van der Waals surface area (Å²) in [5, 5.41) is 12.1. The summed E-state index contributed by atoms with van der Waals surface area (Å²) in [6.07, 6.45) is 0. The first-order chi connectivity index (χ1) is 11.6. The molecule has 128 valence electrons. The molecule has 1 aliphatic heterocycles. The largest absolute Gasteiger partial charge is 0.378 e. The van der Waals surface area contributed by atoms with Crippen LogP contribution in [0, 0.1) is 6.92 Å². The van der Waals surface area contributed by atoms with Crippen LogP contribution in [0.3, 0.4) is 0 Å². The van der Waals surface area contributed by atoms with Crippen molar-refractivity contribution in [3.8, 4) is 0 Å². The van der Waals surface area contributed by atoms with Crippen molar-refractivity contribution in [3.63, 3.8) is 0 Å². The lowest BCUT2D eigenvalue weighted by molar-refractivity contribution is -0.134. The molecule has 3 rings (SSSR count). The Morgan fingerprint density at radius 1 is 1.29 bits per heavy atom. The van der Waals surface area contributed by atoms with E-state index in [2.05, 4.69) is 22.4 Å². The van der Waals surface area contributed by atoms with Crippen molar-refractivity contribution in [1.82, 2.24) is 15.1 Å². The number of benzene rings is 1. The van der Waals surface area contributed by atoms with Crippen molar-refractivity contribution < 1.29 is 9.53 Å². The highest BCUT2D eigenvalue weighted by Crippen LogP contribution is 2.31. The summed E-state index contributed by atoms with van der Waals surface area (Å²) < 4.78 is 6.08. The van der Waals surface area contributed by atoms with Crippen molar-refractivity contribution in [3.05, 3.63) is 29.8 Å². The van der Waals surface area contributed by atoms with Crippen LogP contribution in [-0.4, -0.2) is 52.6 Å². The summed E-state index contributed by atoms with van der Waals surface area (Å²) in [5.74, 6) is 0.131.